The van der Waals surface area contributed by atoms with Crippen LogP contribution in [0.25, 0.3) is 0 Å². The summed E-state index contributed by atoms with van der Waals surface area (Å²) in [7, 11) is 1.40. The molecule has 0 saturated carbocycles. The molecule has 0 atom stereocenters. The van der Waals surface area contributed by atoms with E-state index in [9.17, 15) is 13.2 Å². The van der Waals surface area contributed by atoms with Crippen molar-refractivity contribution in [1.82, 2.24) is 4.90 Å². The van der Waals surface area contributed by atoms with Crippen molar-refractivity contribution in [3.8, 4) is 0 Å². The summed E-state index contributed by atoms with van der Waals surface area (Å²) in [6.07, 6.45) is 0.801. The van der Waals surface area contributed by atoms with E-state index in [4.69, 9.17) is 22.3 Å². The van der Waals surface area contributed by atoms with E-state index in [2.05, 4.69) is 0 Å². The van der Waals surface area contributed by atoms with E-state index in [1.165, 1.54) is 18.2 Å². The molecule has 20 heavy (non-hydrogen) atoms. The van der Waals surface area contributed by atoms with Gasteiger partial charge in [-0.1, -0.05) is 18.5 Å². The zero-order valence-corrected chi connectivity index (χ0v) is 13.9. The van der Waals surface area contributed by atoms with Crippen LogP contribution in [0.4, 0.5) is 0 Å². The zero-order valence-electron chi connectivity index (χ0n) is 11.6. The lowest BCUT2D eigenvalue weighted by atomic mass is 10.1. The summed E-state index contributed by atoms with van der Waals surface area (Å²) in [4.78, 5) is 14.0. The first-order valence-electron chi connectivity index (χ1n) is 6.23. The lowest BCUT2D eigenvalue weighted by Crippen LogP contribution is -2.37. The van der Waals surface area contributed by atoms with Gasteiger partial charge >= 0.3 is 0 Å². The molecule has 1 aromatic carbocycles. The highest BCUT2D eigenvalue weighted by Crippen LogP contribution is 2.24. The van der Waals surface area contributed by atoms with Crippen molar-refractivity contribution in [3.05, 3.63) is 28.8 Å². The summed E-state index contributed by atoms with van der Waals surface area (Å²) < 4.78 is 22.7. The van der Waals surface area contributed by atoms with Crippen LogP contribution in [0.15, 0.2) is 23.1 Å². The van der Waals surface area contributed by atoms with Crippen LogP contribution in [0, 0.1) is 0 Å². The van der Waals surface area contributed by atoms with Gasteiger partial charge in [0.25, 0.3) is 15.0 Å². The Morgan fingerprint density at radius 1 is 1.35 bits per heavy atom. The van der Waals surface area contributed by atoms with Gasteiger partial charge in [0, 0.05) is 23.3 Å². The molecule has 0 unspecified atom stereocenters. The monoisotopic (exact) mass is 337 g/mol. The number of rotatable bonds is 5. The second-order valence-corrected chi connectivity index (χ2v) is 7.64. The molecule has 0 heterocycles. The topological polar surface area (TPSA) is 54.5 Å². The van der Waals surface area contributed by atoms with E-state index >= 15 is 0 Å². The van der Waals surface area contributed by atoms with Gasteiger partial charge in [0.1, 0.15) is 0 Å². The molecule has 1 rings (SSSR count). The van der Waals surface area contributed by atoms with E-state index in [0.717, 1.165) is 6.42 Å². The number of nitrogens with zero attached hydrogens (tertiary/aromatic N) is 1. The normalized spacial score (nSPS) is 11.7. The van der Waals surface area contributed by atoms with Gasteiger partial charge in [-0.2, -0.15) is 0 Å². The molecule has 0 aliphatic carbocycles. The lowest BCUT2D eigenvalue weighted by Gasteiger charge is -2.26. The lowest BCUT2D eigenvalue weighted by molar-refractivity contribution is 0.0706. The second kappa shape index (κ2) is 6.78. The number of amides is 1. The maximum Gasteiger partial charge on any atom is 0.261 e. The molecule has 1 aromatic rings. The van der Waals surface area contributed by atoms with Crippen molar-refractivity contribution >= 4 is 37.2 Å². The SMILES string of the molecule is CCCN(C(=O)c1cc(S(=O)(=O)Cl)ccc1Cl)C(C)C. The average Bonchev–Trinajstić information content (AvgIpc) is 2.34. The molecule has 0 spiro atoms. The average molecular weight is 338 g/mol. The fraction of sp³-hybridized carbons (Fsp3) is 0.462. The number of benzene rings is 1. The minimum Gasteiger partial charge on any atom is -0.336 e. The van der Waals surface area contributed by atoms with E-state index in [1.54, 1.807) is 4.90 Å². The Balaban J connectivity index is 3.27. The van der Waals surface area contributed by atoms with Crippen LogP contribution < -0.4 is 0 Å². The minimum absolute atomic E-state index is 0.00483. The van der Waals surface area contributed by atoms with Gasteiger partial charge in [0.2, 0.25) is 0 Å². The fourth-order valence-corrected chi connectivity index (χ4v) is 2.79. The third-order valence-corrected chi connectivity index (χ3v) is 4.48. The predicted octanol–water partition coefficient (Wildman–Crippen LogP) is 3.53. The molecule has 0 aliphatic rings. The second-order valence-electron chi connectivity index (χ2n) is 4.67. The molecule has 0 fully saturated rings. The molecule has 1 amide bonds. The number of halogens is 2. The quantitative estimate of drug-likeness (QED) is 0.772. The Morgan fingerprint density at radius 3 is 2.40 bits per heavy atom. The molecule has 4 nitrogen and oxygen atoms in total. The van der Waals surface area contributed by atoms with Crippen LogP contribution in [-0.2, 0) is 9.05 Å². The van der Waals surface area contributed by atoms with Gasteiger partial charge in [-0.3, -0.25) is 4.79 Å². The molecular formula is C13H17Cl2NO3S. The van der Waals surface area contributed by atoms with Crippen LogP contribution in [0.5, 0.6) is 0 Å². The van der Waals surface area contributed by atoms with Crippen LogP contribution in [0.3, 0.4) is 0 Å². The van der Waals surface area contributed by atoms with Crippen LogP contribution in [0.2, 0.25) is 5.02 Å². The van der Waals surface area contributed by atoms with E-state index in [-0.39, 0.29) is 27.4 Å². The third-order valence-electron chi connectivity index (χ3n) is 2.80. The fourth-order valence-electron chi connectivity index (χ4n) is 1.81. The molecule has 0 aromatic heterocycles. The van der Waals surface area contributed by atoms with Crippen molar-refractivity contribution in [2.75, 3.05) is 6.54 Å². The van der Waals surface area contributed by atoms with Crippen LogP contribution in [0.1, 0.15) is 37.6 Å². The summed E-state index contributed by atoms with van der Waals surface area (Å²) in [5, 5.41) is 0.209. The number of hydrogen-bond donors (Lipinski definition) is 0. The Labute approximate surface area is 129 Å². The molecule has 0 saturated heterocycles. The van der Waals surface area contributed by atoms with Gasteiger partial charge in [0.15, 0.2) is 0 Å². The highest BCUT2D eigenvalue weighted by atomic mass is 35.7. The predicted molar refractivity (Wildman–Crippen MR) is 81.0 cm³/mol. The maximum atomic E-state index is 12.5. The highest BCUT2D eigenvalue weighted by molar-refractivity contribution is 8.13. The van der Waals surface area contributed by atoms with Crippen LogP contribution >= 0.6 is 22.3 Å². The van der Waals surface area contributed by atoms with Crippen molar-refractivity contribution in [3.63, 3.8) is 0 Å². The Bertz CT molecular complexity index is 600. The number of hydrogen-bond acceptors (Lipinski definition) is 3. The minimum atomic E-state index is -3.89. The van der Waals surface area contributed by atoms with Crippen molar-refractivity contribution in [2.45, 2.75) is 38.1 Å². The number of carbonyl (C=O) groups is 1. The standard InChI is InChI=1S/C13H17Cl2NO3S/c1-4-7-16(9(2)3)13(17)11-8-10(20(15,18)19)5-6-12(11)14/h5-6,8-9H,4,7H2,1-3H3. The van der Waals surface area contributed by atoms with Gasteiger partial charge in [-0.25, -0.2) is 8.42 Å². The largest absolute Gasteiger partial charge is 0.336 e. The molecule has 112 valence electrons. The van der Waals surface area contributed by atoms with E-state index < -0.39 is 9.05 Å². The van der Waals surface area contributed by atoms with Crippen molar-refractivity contribution in [2.24, 2.45) is 0 Å². The Hall–Kier alpha value is -0.780. The molecular weight excluding hydrogens is 321 g/mol. The summed E-state index contributed by atoms with van der Waals surface area (Å²) in [6, 6.07) is 3.86. The number of carbonyl (C=O) groups excluding carboxylic acids is 1. The van der Waals surface area contributed by atoms with E-state index in [1.807, 2.05) is 20.8 Å². The Morgan fingerprint density at radius 2 is 1.95 bits per heavy atom. The van der Waals surface area contributed by atoms with Crippen LogP contribution in [-0.4, -0.2) is 31.8 Å². The molecule has 7 heteroatoms. The summed E-state index contributed by atoms with van der Waals surface area (Å²) in [5.74, 6) is -0.297. The van der Waals surface area contributed by atoms with Crippen molar-refractivity contribution < 1.29 is 13.2 Å². The highest BCUT2D eigenvalue weighted by Gasteiger charge is 2.22. The van der Waals surface area contributed by atoms with Crippen molar-refractivity contribution in [1.29, 1.82) is 0 Å². The molecule has 0 radical (unpaired) electrons. The first-order chi connectivity index (χ1) is 9.18. The first-order valence-corrected chi connectivity index (χ1v) is 8.92. The summed E-state index contributed by atoms with van der Waals surface area (Å²) in [5.41, 5.74) is 0.149. The third kappa shape index (κ3) is 4.11. The summed E-state index contributed by atoms with van der Waals surface area (Å²) >= 11 is 6.00. The maximum absolute atomic E-state index is 12.5. The van der Waals surface area contributed by atoms with Gasteiger partial charge in [0.05, 0.1) is 15.5 Å². The molecule has 0 bridgehead atoms. The summed E-state index contributed by atoms with van der Waals surface area (Å²) in [6.45, 7) is 6.32. The Kier molecular flexibility index (Phi) is 5.86. The molecule has 0 aliphatic heterocycles. The van der Waals surface area contributed by atoms with Gasteiger partial charge in [-0.05, 0) is 38.5 Å². The van der Waals surface area contributed by atoms with E-state index in [0.29, 0.717) is 6.54 Å². The van der Waals surface area contributed by atoms with Gasteiger partial charge in [-0.15, -0.1) is 0 Å². The molecule has 0 N–H and O–H groups in total. The zero-order chi connectivity index (χ0) is 15.5. The smallest absolute Gasteiger partial charge is 0.261 e. The first kappa shape index (κ1) is 17.3. The van der Waals surface area contributed by atoms with Gasteiger partial charge < -0.3 is 4.90 Å².